The number of nitrogens with zero attached hydrogens (tertiary/aromatic N) is 1. The van der Waals surface area contributed by atoms with Crippen molar-refractivity contribution < 1.29 is 16.8 Å². The number of sulfonamides is 2. The van der Waals surface area contributed by atoms with Crippen LogP contribution in [0.4, 0.5) is 0 Å². The van der Waals surface area contributed by atoms with Crippen molar-refractivity contribution in [3.05, 3.63) is 23.8 Å². The molecule has 0 saturated carbocycles. The number of nitrogens with one attached hydrogen (secondary N) is 2. The van der Waals surface area contributed by atoms with Crippen molar-refractivity contribution in [3.63, 3.8) is 0 Å². The van der Waals surface area contributed by atoms with Crippen LogP contribution in [0.3, 0.4) is 0 Å². The van der Waals surface area contributed by atoms with Gasteiger partial charge in [-0.05, 0) is 69.6 Å². The molecular weight excluding hydrogens is 362 g/mol. The first-order valence-electron chi connectivity index (χ1n) is 8.47. The molecule has 1 aliphatic heterocycles. The molecular formula is C16H27N3O4S2. The molecule has 1 fully saturated rings. The second kappa shape index (κ2) is 8.13. The van der Waals surface area contributed by atoms with Crippen molar-refractivity contribution in [2.75, 3.05) is 33.2 Å². The van der Waals surface area contributed by atoms with Gasteiger partial charge in [-0.25, -0.2) is 21.6 Å². The van der Waals surface area contributed by atoms with Gasteiger partial charge in [-0.3, -0.25) is 0 Å². The summed E-state index contributed by atoms with van der Waals surface area (Å²) >= 11 is 0. The lowest BCUT2D eigenvalue weighted by Gasteiger charge is -2.31. The van der Waals surface area contributed by atoms with Crippen molar-refractivity contribution in [1.82, 2.24) is 14.3 Å². The van der Waals surface area contributed by atoms with E-state index in [1.807, 2.05) is 0 Å². The fraction of sp³-hybridized carbons (Fsp3) is 0.625. The van der Waals surface area contributed by atoms with Crippen molar-refractivity contribution in [3.8, 4) is 0 Å². The molecule has 1 aromatic rings. The van der Waals surface area contributed by atoms with E-state index in [0.29, 0.717) is 24.6 Å². The Labute approximate surface area is 150 Å². The van der Waals surface area contributed by atoms with E-state index < -0.39 is 20.0 Å². The molecule has 0 atom stereocenters. The van der Waals surface area contributed by atoms with Gasteiger partial charge in [0, 0.05) is 13.1 Å². The van der Waals surface area contributed by atoms with Gasteiger partial charge in [0.2, 0.25) is 20.0 Å². The van der Waals surface area contributed by atoms with Crippen molar-refractivity contribution in [2.45, 2.75) is 36.5 Å². The van der Waals surface area contributed by atoms with E-state index in [1.165, 1.54) is 29.6 Å². The largest absolute Gasteiger partial charge is 0.317 e. The quantitative estimate of drug-likeness (QED) is 0.723. The topological polar surface area (TPSA) is 95.6 Å². The molecule has 142 valence electrons. The summed E-state index contributed by atoms with van der Waals surface area (Å²) in [5.41, 5.74) is 0.414. The highest BCUT2D eigenvalue weighted by Gasteiger charge is 2.30. The highest BCUT2D eigenvalue weighted by molar-refractivity contribution is 7.89. The average molecular weight is 390 g/mol. The third kappa shape index (κ3) is 4.59. The Balaban J connectivity index is 2.17. The molecule has 2 N–H and O–H groups in total. The zero-order valence-electron chi connectivity index (χ0n) is 14.9. The predicted octanol–water partition coefficient (Wildman–Crippen LogP) is 0.913. The highest BCUT2D eigenvalue weighted by atomic mass is 32.2. The lowest BCUT2D eigenvalue weighted by molar-refractivity contribution is 0.268. The maximum Gasteiger partial charge on any atom is 0.243 e. The first-order chi connectivity index (χ1) is 11.7. The van der Waals surface area contributed by atoms with Crippen LogP contribution in [0.15, 0.2) is 28.0 Å². The lowest BCUT2D eigenvalue weighted by Crippen LogP contribution is -2.40. The van der Waals surface area contributed by atoms with Gasteiger partial charge < -0.3 is 5.32 Å². The first kappa shape index (κ1) is 20.3. The average Bonchev–Trinajstić information content (AvgIpc) is 2.60. The van der Waals surface area contributed by atoms with E-state index in [0.717, 1.165) is 25.9 Å². The van der Waals surface area contributed by atoms with Gasteiger partial charge in [0.25, 0.3) is 0 Å². The summed E-state index contributed by atoms with van der Waals surface area (Å²) in [6.07, 6.45) is 1.66. The smallest absolute Gasteiger partial charge is 0.243 e. The Bertz CT molecular complexity index is 799. The number of hydrogen-bond acceptors (Lipinski definition) is 5. The van der Waals surface area contributed by atoms with Crippen LogP contribution < -0.4 is 10.0 Å². The molecule has 25 heavy (non-hydrogen) atoms. The molecule has 0 spiro atoms. The van der Waals surface area contributed by atoms with Crippen LogP contribution in [-0.2, 0) is 20.0 Å². The summed E-state index contributed by atoms with van der Waals surface area (Å²) in [5, 5.41) is 3.31. The van der Waals surface area contributed by atoms with E-state index in [-0.39, 0.29) is 9.79 Å². The highest BCUT2D eigenvalue weighted by Crippen LogP contribution is 2.26. The Kier molecular flexibility index (Phi) is 6.61. The number of benzene rings is 1. The van der Waals surface area contributed by atoms with Gasteiger partial charge in [-0.2, -0.15) is 4.31 Å². The van der Waals surface area contributed by atoms with Crippen LogP contribution in [-0.4, -0.2) is 54.4 Å². The minimum Gasteiger partial charge on any atom is -0.317 e. The molecule has 0 aliphatic carbocycles. The summed E-state index contributed by atoms with van der Waals surface area (Å²) in [4.78, 5) is 0.239. The van der Waals surface area contributed by atoms with Gasteiger partial charge in [0.1, 0.15) is 0 Å². The molecule has 0 aromatic heterocycles. The van der Waals surface area contributed by atoms with E-state index in [2.05, 4.69) is 17.0 Å². The fourth-order valence-corrected chi connectivity index (χ4v) is 5.55. The van der Waals surface area contributed by atoms with Crippen LogP contribution in [0, 0.1) is 12.8 Å². The summed E-state index contributed by atoms with van der Waals surface area (Å²) in [6.45, 7) is 6.48. The SMILES string of the molecule is CCNCC1CCN(S(=O)(=O)c2ccc(S(=O)(=O)NC)c(C)c2)CC1. The van der Waals surface area contributed by atoms with Crippen LogP contribution in [0.2, 0.25) is 0 Å². The molecule has 7 nitrogen and oxygen atoms in total. The lowest BCUT2D eigenvalue weighted by atomic mass is 9.98. The standard InChI is InChI=1S/C16H27N3O4S2/c1-4-18-12-14-7-9-19(10-8-14)25(22,23)15-5-6-16(13(2)11-15)24(20,21)17-3/h5-6,11,14,17-18H,4,7-10,12H2,1-3H3. The second-order valence-electron chi connectivity index (χ2n) is 6.29. The Morgan fingerprint density at radius 1 is 1.16 bits per heavy atom. The van der Waals surface area contributed by atoms with Crippen LogP contribution >= 0.6 is 0 Å². The molecule has 2 rings (SSSR count). The molecule has 0 bridgehead atoms. The maximum atomic E-state index is 12.8. The third-order valence-electron chi connectivity index (χ3n) is 4.60. The number of piperidine rings is 1. The zero-order chi connectivity index (χ0) is 18.7. The Morgan fingerprint density at radius 2 is 1.80 bits per heavy atom. The predicted molar refractivity (Wildman–Crippen MR) is 97.5 cm³/mol. The second-order valence-corrected chi connectivity index (χ2v) is 10.1. The molecule has 9 heteroatoms. The molecule has 1 saturated heterocycles. The van der Waals surface area contributed by atoms with Gasteiger partial charge in [-0.15, -0.1) is 0 Å². The first-order valence-corrected chi connectivity index (χ1v) is 11.4. The number of aryl methyl sites for hydroxylation is 1. The summed E-state index contributed by atoms with van der Waals surface area (Å²) in [7, 11) is -5.87. The summed E-state index contributed by atoms with van der Waals surface area (Å²) in [6, 6.07) is 4.16. The summed E-state index contributed by atoms with van der Waals surface area (Å²) < 4.78 is 53.3. The molecule has 0 radical (unpaired) electrons. The van der Waals surface area contributed by atoms with Crippen LogP contribution in [0.1, 0.15) is 25.3 Å². The van der Waals surface area contributed by atoms with E-state index >= 15 is 0 Å². The molecule has 1 aliphatic rings. The minimum absolute atomic E-state index is 0.0956. The fourth-order valence-electron chi connectivity index (χ4n) is 3.05. The van der Waals surface area contributed by atoms with E-state index in [9.17, 15) is 16.8 Å². The van der Waals surface area contributed by atoms with E-state index in [4.69, 9.17) is 0 Å². The Morgan fingerprint density at radius 3 is 2.32 bits per heavy atom. The van der Waals surface area contributed by atoms with Crippen LogP contribution in [0.5, 0.6) is 0 Å². The molecule has 1 heterocycles. The third-order valence-corrected chi connectivity index (χ3v) is 8.07. The monoisotopic (exact) mass is 389 g/mol. The normalized spacial score (nSPS) is 17.7. The maximum absolute atomic E-state index is 12.8. The molecule has 1 aromatic carbocycles. The number of hydrogen-bond donors (Lipinski definition) is 2. The zero-order valence-corrected chi connectivity index (χ0v) is 16.6. The van der Waals surface area contributed by atoms with Crippen molar-refractivity contribution in [2.24, 2.45) is 5.92 Å². The summed E-state index contributed by atoms with van der Waals surface area (Å²) in [5.74, 6) is 0.497. The van der Waals surface area contributed by atoms with Gasteiger partial charge in [0.05, 0.1) is 9.79 Å². The van der Waals surface area contributed by atoms with E-state index in [1.54, 1.807) is 6.92 Å². The number of rotatable bonds is 7. The molecule has 0 unspecified atom stereocenters. The minimum atomic E-state index is -3.60. The van der Waals surface area contributed by atoms with Crippen molar-refractivity contribution >= 4 is 20.0 Å². The van der Waals surface area contributed by atoms with Gasteiger partial charge in [-0.1, -0.05) is 6.92 Å². The van der Waals surface area contributed by atoms with Crippen molar-refractivity contribution in [1.29, 1.82) is 0 Å². The molecule has 0 amide bonds. The van der Waals surface area contributed by atoms with Gasteiger partial charge >= 0.3 is 0 Å². The Hall–Kier alpha value is -1.00. The van der Waals surface area contributed by atoms with Gasteiger partial charge in [0.15, 0.2) is 0 Å². The van der Waals surface area contributed by atoms with Crippen LogP contribution in [0.25, 0.3) is 0 Å².